The fourth-order valence-corrected chi connectivity index (χ4v) is 2.58. The number of carbonyl (C=O) groups is 1. The molecule has 0 saturated carbocycles. The van der Waals surface area contributed by atoms with Crippen molar-refractivity contribution in [3.8, 4) is 0 Å². The molecule has 4 nitrogen and oxygen atoms in total. The maximum Gasteiger partial charge on any atom is 0.229 e. The number of hydrogen-bond acceptors (Lipinski definition) is 3. The van der Waals surface area contributed by atoms with Crippen LogP contribution in [-0.2, 0) is 4.79 Å². The molecule has 0 aliphatic carbocycles. The van der Waals surface area contributed by atoms with E-state index < -0.39 is 0 Å². The smallest absolute Gasteiger partial charge is 0.229 e. The fourth-order valence-electron chi connectivity index (χ4n) is 2.58. The Hall–Kier alpha value is -0.610. The number of rotatable bonds is 6. The highest BCUT2D eigenvalue weighted by atomic mass is 16.2. The molecule has 0 aromatic rings. The Morgan fingerprint density at radius 3 is 2.47 bits per heavy atom. The van der Waals surface area contributed by atoms with Crippen LogP contribution in [0.3, 0.4) is 0 Å². The second-order valence-electron chi connectivity index (χ2n) is 5.49. The molecule has 1 aliphatic rings. The van der Waals surface area contributed by atoms with Gasteiger partial charge in [0.15, 0.2) is 0 Å². The Kier molecular flexibility index (Phi) is 5.40. The van der Waals surface area contributed by atoms with Gasteiger partial charge in [-0.05, 0) is 33.5 Å². The van der Waals surface area contributed by atoms with Crippen LogP contribution in [0.15, 0.2) is 0 Å². The lowest BCUT2D eigenvalue weighted by atomic mass is 9.81. The van der Waals surface area contributed by atoms with Gasteiger partial charge in [-0.15, -0.1) is 0 Å². The van der Waals surface area contributed by atoms with Crippen LogP contribution in [0.5, 0.6) is 0 Å². The quantitative estimate of drug-likeness (QED) is 0.747. The number of hydrogen-bond donors (Lipinski definition) is 1. The van der Waals surface area contributed by atoms with E-state index >= 15 is 0 Å². The van der Waals surface area contributed by atoms with Crippen molar-refractivity contribution in [3.05, 3.63) is 0 Å². The van der Waals surface area contributed by atoms with E-state index in [-0.39, 0.29) is 5.41 Å². The Balaban J connectivity index is 2.58. The van der Waals surface area contributed by atoms with Gasteiger partial charge in [0.25, 0.3) is 0 Å². The van der Waals surface area contributed by atoms with Crippen molar-refractivity contribution < 1.29 is 4.79 Å². The molecule has 1 unspecified atom stereocenters. The molecular weight excluding hydrogens is 214 g/mol. The number of carbonyl (C=O) groups excluding carboxylic acids is 1. The number of nitrogens with zero attached hydrogens (tertiary/aromatic N) is 2. The van der Waals surface area contributed by atoms with Crippen molar-refractivity contribution in [3.63, 3.8) is 0 Å². The van der Waals surface area contributed by atoms with Gasteiger partial charge in [-0.25, -0.2) is 0 Å². The van der Waals surface area contributed by atoms with Crippen molar-refractivity contribution in [1.82, 2.24) is 15.1 Å². The van der Waals surface area contributed by atoms with E-state index in [9.17, 15) is 4.79 Å². The van der Waals surface area contributed by atoms with Crippen LogP contribution in [0, 0.1) is 5.41 Å². The molecule has 0 aromatic heterocycles. The summed E-state index contributed by atoms with van der Waals surface area (Å²) >= 11 is 0. The molecule has 1 amide bonds. The molecule has 1 rings (SSSR count). The molecule has 0 radical (unpaired) electrons. The maximum absolute atomic E-state index is 12.5. The molecule has 1 N–H and O–H groups in total. The Labute approximate surface area is 105 Å². The minimum atomic E-state index is -0.129. The third-order valence-corrected chi connectivity index (χ3v) is 3.66. The molecule has 100 valence electrons. The molecule has 1 atom stereocenters. The minimum absolute atomic E-state index is 0.129. The molecule has 0 aromatic carbocycles. The first-order valence-electron chi connectivity index (χ1n) is 6.63. The van der Waals surface area contributed by atoms with Crippen LogP contribution in [0.25, 0.3) is 0 Å². The summed E-state index contributed by atoms with van der Waals surface area (Å²) in [6.45, 7) is 5.74. The van der Waals surface area contributed by atoms with Crippen LogP contribution in [0.1, 0.15) is 26.2 Å². The summed E-state index contributed by atoms with van der Waals surface area (Å²) in [5.41, 5.74) is -0.129. The van der Waals surface area contributed by atoms with Crippen molar-refractivity contribution in [2.24, 2.45) is 5.41 Å². The van der Waals surface area contributed by atoms with Crippen LogP contribution >= 0.6 is 0 Å². The summed E-state index contributed by atoms with van der Waals surface area (Å²) in [5, 5.41) is 3.34. The van der Waals surface area contributed by atoms with E-state index in [4.69, 9.17) is 0 Å². The van der Waals surface area contributed by atoms with Crippen molar-refractivity contribution in [1.29, 1.82) is 0 Å². The third kappa shape index (κ3) is 3.68. The predicted octanol–water partition coefficient (Wildman–Crippen LogP) is 0.786. The normalized spacial score (nSPS) is 24.3. The monoisotopic (exact) mass is 241 g/mol. The third-order valence-electron chi connectivity index (χ3n) is 3.66. The topological polar surface area (TPSA) is 35.6 Å². The van der Waals surface area contributed by atoms with Gasteiger partial charge in [-0.2, -0.15) is 0 Å². The zero-order valence-corrected chi connectivity index (χ0v) is 11.8. The van der Waals surface area contributed by atoms with Gasteiger partial charge in [-0.1, -0.05) is 13.3 Å². The largest absolute Gasteiger partial charge is 0.344 e. The molecule has 1 saturated heterocycles. The Morgan fingerprint density at radius 1 is 1.29 bits per heavy atom. The molecular formula is C13H27N3O. The lowest BCUT2D eigenvalue weighted by Crippen LogP contribution is -2.45. The first kappa shape index (κ1) is 14.5. The number of likely N-dealkylation sites (N-methyl/N-ethyl adjacent to an activating group) is 2. The van der Waals surface area contributed by atoms with E-state index in [0.29, 0.717) is 5.91 Å². The van der Waals surface area contributed by atoms with Crippen LogP contribution < -0.4 is 5.32 Å². The number of amides is 1. The molecule has 4 heteroatoms. The zero-order chi connectivity index (χ0) is 12.9. The van der Waals surface area contributed by atoms with E-state index in [1.807, 2.05) is 26.0 Å². The van der Waals surface area contributed by atoms with Crippen molar-refractivity contribution in [2.75, 3.05) is 47.3 Å². The molecule has 0 spiro atoms. The fraction of sp³-hybridized carbons (Fsp3) is 0.923. The Bertz CT molecular complexity index is 247. The molecule has 1 heterocycles. The predicted molar refractivity (Wildman–Crippen MR) is 71.0 cm³/mol. The second-order valence-corrected chi connectivity index (χ2v) is 5.49. The first-order valence-corrected chi connectivity index (χ1v) is 6.63. The van der Waals surface area contributed by atoms with Gasteiger partial charge in [0, 0.05) is 26.7 Å². The van der Waals surface area contributed by atoms with Crippen molar-refractivity contribution >= 4 is 5.91 Å². The lowest BCUT2D eigenvalue weighted by Gasteiger charge is -2.32. The highest BCUT2D eigenvalue weighted by Crippen LogP contribution is 2.32. The average molecular weight is 241 g/mol. The highest BCUT2D eigenvalue weighted by molar-refractivity contribution is 5.83. The summed E-state index contributed by atoms with van der Waals surface area (Å²) in [4.78, 5) is 16.6. The van der Waals surface area contributed by atoms with Crippen LogP contribution in [0.4, 0.5) is 0 Å². The van der Waals surface area contributed by atoms with Gasteiger partial charge >= 0.3 is 0 Å². The van der Waals surface area contributed by atoms with Gasteiger partial charge in [0.1, 0.15) is 0 Å². The number of nitrogens with one attached hydrogen (secondary N) is 1. The summed E-state index contributed by atoms with van der Waals surface area (Å²) < 4.78 is 0. The molecule has 1 aliphatic heterocycles. The first-order chi connectivity index (χ1) is 8.02. The average Bonchev–Trinajstić information content (AvgIpc) is 2.75. The van der Waals surface area contributed by atoms with Gasteiger partial charge < -0.3 is 15.1 Å². The second kappa shape index (κ2) is 6.36. The van der Waals surface area contributed by atoms with Crippen LogP contribution in [-0.4, -0.2) is 63.0 Å². The molecule has 0 bridgehead atoms. The minimum Gasteiger partial charge on any atom is -0.344 e. The SMILES string of the molecule is CCCC1(C(=O)N(C)CCN(C)C)CCNC1. The van der Waals surface area contributed by atoms with Gasteiger partial charge in [-0.3, -0.25) is 4.79 Å². The van der Waals surface area contributed by atoms with E-state index in [1.54, 1.807) is 0 Å². The Morgan fingerprint density at radius 2 is 2.00 bits per heavy atom. The maximum atomic E-state index is 12.5. The summed E-state index contributed by atoms with van der Waals surface area (Å²) in [6, 6.07) is 0. The highest BCUT2D eigenvalue weighted by Gasteiger charge is 2.41. The summed E-state index contributed by atoms with van der Waals surface area (Å²) in [6.07, 6.45) is 3.08. The van der Waals surface area contributed by atoms with Crippen LogP contribution in [0.2, 0.25) is 0 Å². The van der Waals surface area contributed by atoms with E-state index in [1.165, 1.54) is 0 Å². The lowest BCUT2D eigenvalue weighted by molar-refractivity contribution is -0.140. The summed E-state index contributed by atoms with van der Waals surface area (Å²) in [5.74, 6) is 0.325. The van der Waals surface area contributed by atoms with E-state index in [0.717, 1.165) is 45.4 Å². The zero-order valence-electron chi connectivity index (χ0n) is 11.8. The van der Waals surface area contributed by atoms with Gasteiger partial charge in [0.05, 0.1) is 5.41 Å². The van der Waals surface area contributed by atoms with Gasteiger partial charge in [0.2, 0.25) is 5.91 Å². The summed E-state index contributed by atoms with van der Waals surface area (Å²) in [7, 11) is 6.01. The molecule has 1 fully saturated rings. The van der Waals surface area contributed by atoms with Crippen molar-refractivity contribution in [2.45, 2.75) is 26.2 Å². The standard InChI is InChI=1S/C13H27N3O/c1-5-6-13(7-8-14-11-13)12(17)16(4)10-9-15(2)3/h14H,5-11H2,1-4H3. The van der Waals surface area contributed by atoms with E-state index in [2.05, 4.69) is 17.1 Å². The molecule has 17 heavy (non-hydrogen) atoms.